The molecule has 16 heavy (non-hydrogen) atoms. The van der Waals surface area contributed by atoms with Gasteiger partial charge >= 0.3 is 0 Å². The molecule has 2 heteroatoms. The van der Waals surface area contributed by atoms with E-state index >= 15 is 0 Å². The average Bonchev–Trinajstić information content (AvgIpc) is 2.38. The third-order valence-corrected chi connectivity index (χ3v) is 2.51. The minimum atomic E-state index is 0.855. The topological polar surface area (TPSA) is 24.1 Å². The molecule has 82 valence electrons. The molecule has 2 N–H and O–H groups in total. The van der Waals surface area contributed by atoms with Crippen LogP contribution in [0.5, 0.6) is 0 Å². The molecule has 0 aliphatic carbocycles. The van der Waals surface area contributed by atoms with Crippen molar-refractivity contribution >= 4 is 11.4 Å². The Balaban J connectivity index is 1.94. The molecule has 0 unspecified atom stereocenters. The quantitative estimate of drug-likeness (QED) is 0.812. The Morgan fingerprint density at radius 2 is 1.50 bits per heavy atom. The standard InChI is InChI=1S/C14H16N2/c1-15-13-9-7-12(8-10-13)11-16-14-5-3-2-4-6-14/h2-10,15-16H,11H2,1H3. The van der Waals surface area contributed by atoms with Gasteiger partial charge < -0.3 is 10.6 Å². The average molecular weight is 212 g/mol. The van der Waals surface area contributed by atoms with Gasteiger partial charge in [-0.25, -0.2) is 0 Å². The third-order valence-electron chi connectivity index (χ3n) is 2.51. The summed E-state index contributed by atoms with van der Waals surface area (Å²) in [5.41, 5.74) is 3.58. The van der Waals surface area contributed by atoms with E-state index < -0.39 is 0 Å². The molecule has 0 heterocycles. The molecule has 0 spiro atoms. The second-order valence-corrected chi connectivity index (χ2v) is 3.67. The van der Waals surface area contributed by atoms with E-state index in [9.17, 15) is 0 Å². The highest BCUT2D eigenvalue weighted by Gasteiger charge is 1.93. The minimum Gasteiger partial charge on any atom is -0.388 e. The third kappa shape index (κ3) is 2.76. The first-order valence-electron chi connectivity index (χ1n) is 5.44. The van der Waals surface area contributed by atoms with Crippen molar-refractivity contribution in [1.82, 2.24) is 0 Å². The van der Waals surface area contributed by atoms with Crippen molar-refractivity contribution in [2.24, 2.45) is 0 Å². The van der Waals surface area contributed by atoms with Gasteiger partial charge in [-0.1, -0.05) is 30.3 Å². The van der Waals surface area contributed by atoms with E-state index in [2.05, 4.69) is 47.0 Å². The molecule has 0 amide bonds. The van der Waals surface area contributed by atoms with Crippen LogP contribution in [0.25, 0.3) is 0 Å². The molecular formula is C14H16N2. The van der Waals surface area contributed by atoms with E-state index in [1.165, 1.54) is 5.56 Å². The highest BCUT2D eigenvalue weighted by molar-refractivity contribution is 5.46. The summed E-state index contributed by atoms with van der Waals surface area (Å²) < 4.78 is 0. The second-order valence-electron chi connectivity index (χ2n) is 3.67. The molecule has 0 aromatic heterocycles. The number of rotatable bonds is 4. The molecule has 0 bridgehead atoms. The summed E-state index contributed by atoms with van der Waals surface area (Å²) in [6.07, 6.45) is 0. The van der Waals surface area contributed by atoms with Crippen LogP contribution in [0, 0.1) is 0 Å². The Kier molecular flexibility index (Phi) is 3.44. The van der Waals surface area contributed by atoms with E-state index in [1.807, 2.05) is 25.2 Å². The number of hydrogen-bond donors (Lipinski definition) is 2. The van der Waals surface area contributed by atoms with Gasteiger partial charge in [-0.05, 0) is 29.8 Å². The van der Waals surface area contributed by atoms with Gasteiger partial charge in [0.25, 0.3) is 0 Å². The normalized spacial score (nSPS) is 9.81. The van der Waals surface area contributed by atoms with Crippen LogP contribution in [-0.4, -0.2) is 7.05 Å². The predicted molar refractivity (Wildman–Crippen MR) is 69.8 cm³/mol. The monoisotopic (exact) mass is 212 g/mol. The maximum absolute atomic E-state index is 3.38. The summed E-state index contributed by atoms with van der Waals surface area (Å²) in [5, 5.41) is 6.49. The first-order valence-corrected chi connectivity index (χ1v) is 5.44. The van der Waals surface area contributed by atoms with E-state index in [1.54, 1.807) is 0 Å². The van der Waals surface area contributed by atoms with Crippen LogP contribution in [0.3, 0.4) is 0 Å². The Labute approximate surface area is 96.3 Å². The Hall–Kier alpha value is -1.96. The maximum Gasteiger partial charge on any atom is 0.0400 e. The van der Waals surface area contributed by atoms with Gasteiger partial charge in [0.2, 0.25) is 0 Å². The first kappa shape index (κ1) is 10.6. The molecule has 0 aliphatic rings. The van der Waals surface area contributed by atoms with E-state index in [0.717, 1.165) is 17.9 Å². The second kappa shape index (κ2) is 5.21. The maximum atomic E-state index is 3.38. The summed E-state index contributed by atoms with van der Waals surface area (Å²) in [6.45, 7) is 0.855. The lowest BCUT2D eigenvalue weighted by molar-refractivity contribution is 1.15. The smallest absolute Gasteiger partial charge is 0.0400 e. The lowest BCUT2D eigenvalue weighted by Gasteiger charge is -2.07. The molecular weight excluding hydrogens is 196 g/mol. The zero-order valence-electron chi connectivity index (χ0n) is 9.40. The zero-order valence-corrected chi connectivity index (χ0v) is 9.40. The predicted octanol–water partition coefficient (Wildman–Crippen LogP) is 3.34. The van der Waals surface area contributed by atoms with Gasteiger partial charge in [-0.3, -0.25) is 0 Å². The van der Waals surface area contributed by atoms with Crippen LogP contribution in [0.4, 0.5) is 11.4 Å². The largest absolute Gasteiger partial charge is 0.388 e. The van der Waals surface area contributed by atoms with Crippen molar-refractivity contribution in [3.05, 3.63) is 60.2 Å². The van der Waals surface area contributed by atoms with Crippen LogP contribution in [-0.2, 0) is 6.54 Å². The fourth-order valence-corrected chi connectivity index (χ4v) is 1.55. The van der Waals surface area contributed by atoms with Crippen molar-refractivity contribution in [2.75, 3.05) is 17.7 Å². The molecule has 2 aromatic rings. The summed E-state index contributed by atoms with van der Waals surface area (Å²) in [5.74, 6) is 0. The van der Waals surface area contributed by atoms with Crippen molar-refractivity contribution in [2.45, 2.75) is 6.54 Å². The number of benzene rings is 2. The number of nitrogens with one attached hydrogen (secondary N) is 2. The van der Waals surface area contributed by atoms with Crippen molar-refractivity contribution in [3.63, 3.8) is 0 Å². The Morgan fingerprint density at radius 3 is 2.12 bits per heavy atom. The van der Waals surface area contributed by atoms with E-state index in [0.29, 0.717) is 0 Å². The van der Waals surface area contributed by atoms with Crippen molar-refractivity contribution in [3.8, 4) is 0 Å². The SMILES string of the molecule is CNc1ccc(CNc2ccccc2)cc1. The van der Waals surface area contributed by atoms with Gasteiger partial charge in [-0.15, -0.1) is 0 Å². The number of hydrogen-bond acceptors (Lipinski definition) is 2. The molecule has 0 radical (unpaired) electrons. The molecule has 2 rings (SSSR count). The van der Waals surface area contributed by atoms with Crippen LogP contribution in [0.1, 0.15) is 5.56 Å². The number of para-hydroxylation sites is 1. The van der Waals surface area contributed by atoms with E-state index in [-0.39, 0.29) is 0 Å². The lowest BCUT2D eigenvalue weighted by atomic mass is 10.2. The van der Waals surface area contributed by atoms with Gasteiger partial charge in [0.1, 0.15) is 0 Å². The van der Waals surface area contributed by atoms with Crippen LogP contribution < -0.4 is 10.6 Å². The lowest BCUT2D eigenvalue weighted by Crippen LogP contribution is -1.99. The fraction of sp³-hybridized carbons (Fsp3) is 0.143. The molecule has 2 nitrogen and oxygen atoms in total. The summed E-state index contributed by atoms with van der Waals surface area (Å²) in [7, 11) is 1.93. The highest BCUT2D eigenvalue weighted by Crippen LogP contribution is 2.11. The van der Waals surface area contributed by atoms with Crippen LogP contribution >= 0.6 is 0 Å². The molecule has 2 aromatic carbocycles. The van der Waals surface area contributed by atoms with Gasteiger partial charge in [0.05, 0.1) is 0 Å². The molecule has 0 aliphatic heterocycles. The Bertz CT molecular complexity index is 420. The minimum absolute atomic E-state index is 0.855. The number of anilines is 2. The molecule has 0 saturated heterocycles. The van der Waals surface area contributed by atoms with Gasteiger partial charge in [-0.2, -0.15) is 0 Å². The summed E-state index contributed by atoms with van der Waals surface area (Å²) in [4.78, 5) is 0. The summed E-state index contributed by atoms with van der Waals surface area (Å²) >= 11 is 0. The van der Waals surface area contributed by atoms with Crippen LogP contribution in [0.15, 0.2) is 54.6 Å². The van der Waals surface area contributed by atoms with Gasteiger partial charge in [0, 0.05) is 25.0 Å². The summed E-state index contributed by atoms with van der Waals surface area (Å²) in [6, 6.07) is 18.7. The highest BCUT2D eigenvalue weighted by atomic mass is 14.9. The first-order chi connectivity index (χ1) is 7.88. The van der Waals surface area contributed by atoms with Gasteiger partial charge in [0.15, 0.2) is 0 Å². The van der Waals surface area contributed by atoms with Crippen molar-refractivity contribution < 1.29 is 0 Å². The fourth-order valence-electron chi connectivity index (χ4n) is 1.55. The van der Waals surface area contributed by atoms with Crippen molar-refractivity contribution in [1.29, 1.82) is 0 Å². The molecule has 0 fully saturated rings. The van der Waals surface area contributed by atoms with E-state index in [4.69, 9.17) is 0 Å². The zero-order chi connectivity index (χ0) is 11.2. The van der Waals surface area contributed by atoms with Crippen LogP contribution in [0.2, 0.25) is 0 Å². The molecule has 0 atom stereocenters. The molecule has 0 saturated carbocycles. The Morgan fingerprint density at radius 1 is 0.812 bits per heavy atom.